The van der Waals surface area contributed by atoms with Gasteiger partial charge in [0.25, 0.3) is 0 Å². The van der Waals surface area contributed by atoms with Crippen LogP contribution >= 0.6 is 0 Å². The Bertz CT molecular complexity index is 286. The molecule has 0 saturated carbocycles. The van der Waals surface area contributed by atoms with Crippen LogP contribution in [0.15, 0.2) is 12.4 Å². The molecule has 0 bridgehead atoms. The number of nitrogens with one attached hydrogen (secondary N) is 1. The molecule has 3 N–H and O–H groups in total. The highest BCUT2D eigenvalue weighted by Gasteiger charge is 1.96. The molecule has 1 aromatic rings. The van der Waals surface area contributed by atoms with Gasteiger partial charge in [-0.2, -0.15) is 0 Å². The van der Waals surface area contributed by atoms with E-state index in [0.717, 1.165) is 18.3 Å². The van der Waals surface area contributed by atoms with Crippen molar-refractivity contribution < 1.29 is 0 Å². The van der Waals surface area contributed by atoms with E-state index < -0.39 is 0 Å². The number of nitrogens with two attached hydrogens (primary N) is 1. The van der Waals surface area contributed by atoms with Crippen molar-refractivity contribution >= 4 is 11.6 Å². The van der Waals surface area contributed by atoms with Gasteiger partial charge in [-0.1, -0.05) is 26.7 Å². The zero-order valence-electron chi connectivity index (χ0n) is 9.53. The van der Waals surface area contributed by atoms with Gasteiger partial charge in [0.05, 0.1) is 0 Å². The van der Waals surface area contributed by atoms with Crippen LogP contribution in [0.4, 0.5) is 11.6 Å². The zero-order chi connectivity index (χ0) is 11.1. The van der Waals surface area contributed by atoms with E-state index >= 15 is 0 Å². The molecule has 0 aliphatic rings. The average molecular weight is 208 g/mol. The quantitative estimate of drug-likeness (QED) is 0.704. The van der Waals surface area contributed by atoms with Crippen molar-refractivity contribution in [1.82, 2.24) is 9.97 Å². The normalized spacial score (nSPS) is 10.6. The molecule has 4 heteroatoms. The number of nitrogens with zero attached hydrogens (tertiary/aromatic N) is 2. The third-order valence-electron chi connectivity index (χ3n) is 2.20. The molecule has 0 spiro atoms. The van der Waals surface area contributed by atoms with Gasteiger partial charge in [-0.05, 0) is 12.3 Å². The topological polar surface area (TPSA) is 63.8 Å². The van der Waals surface area contributed by atoms with Gasteiger partial charge in [0.2, 0.25) is 0 Å². The molecule has 0 amide bonds. The van der Waals surface area contributed by atoms with Crippen LogP contribution in [0.5, 0.6) is 0 Å². The van der Waals surface area contributed by atoms with Crippen LogP contribution in [0.25, 0.3) is 0 Å². The fourth-order valence-corrected chi connectivity index (χ4v) is 1.36. The number of hydrogen-bond donors (Lipinski definition) is 2. The minimum atomic E-state index is 0.509. The van der Waals surface area contributed by atoms with Gasteiger partial charge in [-0.3, -0.25) is 0 Å². The van der Waals surface area contributed by atoms with E-state index in [4.69, 9.17) is 5.73 Å². The first kappa shape index (κ1) is 11.8. The van der Waals surface area contributed by atoms with E-state index in [1.165, 1.54) is 25.6 Å². The highest BCUT2D eigenvalue weighted by atomic mass is 15.0. The summed E-state index contributed by atoms with van der Waals surface area (Å²) in [5.74, 6) is 2.11. The van der Waals surface area contributed by atoms with E-state index in [-0.39, 0.29) is 0 Å². The molecule has 0 atom stereocenters. The Morgan fingerprint density at radius 2 is 2.13 bits per heavy atom. The van der Waals surface area contributed by atoms with Crippen LogP contribution < -0.4 is 11.1 Å². The highest BCUT2D eigenvalue weighted by molar-refractivity contribution is 5.42. The predicted molar refractivity (Wildman–Crippen MR) is 63.6 cm³/mol. The Kier molecular flexibility index (Phi) is 4.87. The predicted octanol–water partition coefficient (Wildman–Crippen LogP) is 2.30. The van der Waals surface area contributed by atoms with Gasteiger partial charge in [-0.25, -0.2) is 9.97 Å². The third kappa shape index (κ3) is 5.20. The van der Waals surface area contributed by atoms with E-state index in [9.17, 15) is 0 Å². The number of anilines is 2. The average Bonchev–Trinajstić information content (AvgIpc) is 2.17. The SMILES string of the molecule is CC(C)CCCCNc1cc(N)ncn1. The van der Waals surface area contributed by atoms with Crippen molar-refractivity contribution in [3.63, 3.8) is 0 Å². The molecular weight excluding hydrogens is 188 g/mol. The molecule has 1 aromatic heterocycles. The van der Waals surface area contributed by atoms with E-state index in [1.54, 1.807) is 6.07 Å². The van der Waals surface area contributed by atoms with Gasteiger partial charge in [0.15, 0.2) is 0 Å². The summed E-state index contributed by atoms with van der Waals surface area (Å²) >= 11 is 0. The summed E-state index contributed by atoms with van der Waals surface area (Å²) in [6.45, 7) is 5.44. The largest absolute Gasteiger partial charge is 0.384 e. The molecule has 15 heavy (non-hydrogen) atoms. The highest BCUT2D eigenvalue weighted by Crippen LogP contribution is 2.08. The first-order valence-corrected chi connectivity index (χ1v) is 5.50. The maximum atomic E-state index is 5.54. The molecule has 0 fully saturated rings. The molecule has 4 nitrogen and oxygen atoms in total. The lowest BCUT2D eigenvalue weighted by atomic mass is 10.1. The fourth-order valence-electron chi connectivity index (χ4n) is 1.36. The Balaban J connectivity index is 2.15. The first-order valence-electron chi connectivity index (χ1n) is 5.50. The number of hydrogen-bond acceptors (Lipinski definition) is 4. The smallest absolute Gasteiger partial charge is 0.131 e. The molecule has 1 rings (SSSR count). The first-order chi connectivity index (χ1) is 7.18. The number of nitrogen functional groups attached to an aromatic ring is 1. The van der Waals surface area contributed by atoms with Crippen LogP contribution in [0, 0.1) is 5.92 Å². The van der Waals surface area contributed by atoms with Crippen molar-refractivity contribution in [3.8, 4) is 0 Å². The van der Waals surface area contributed by atoms with Crippen LogP contribution in [0.1, 0.15) is 33.1 Å². The second-order valence-corrected chi connectivity index (χ2v) is 4.14. The van der Waals surface area contributed by atoms with Crippen molar-refractivity contribution in [1.29, 1.82) is 0 Å². The zero-order valence-corrected chi connectivity index (χ0v) is 9.53. The summed E-state index contributed by atoms with van der Waals surface area (Å²) in [4.78, 5) is 7.90. The van der Waals surface area contributed by atoms with Crippen molar-refractivity contribution in [2.75, 3.05) is 17.6 Å². The maximum absolute atomic E-state index is 5.54. The van der Waals surface area contributed by atoms with E-state index in [0.29, 0.717) is 5.82 Å². The van der Waals surface area contributed by atoms with Crippen LogP contribution in [-0.2, 0) is 0 Å². The van der Waals surface area contributed by atoms with Gasteiger partial charge >= 0.3 is 0 Å². The molecule has 1 heterocycles. The Hall–Kier alpha value is -1.32. The van der Waals surface area contributed by atoms with Crippen LogP contribution in [0.2, 0.25) is 0 Å². The maximum Gasteiger partial charge on any atom is 0.131 e. The molecule has 0 saturated heterocycles. The van der Waals surface area contributed by atoms with Crippen molar-refractivity contribution in [2.24, 2.45) is 5.92 Å². The summed E-state index contributed by atoms with van der Waals surface area (Å²) in [5.41, 5.74) is 5.54. The number of unbranched alkanes of at least 4 members (excludes halogenated alkanes) is 1. The lowest BCUT2D eigenvalue weighted by Gasteiger charge is -2.06. The van der Waals surface area contributed by atoms with E-state index in [2.05, 4.69) is 29.1 Å². The molecule has 84 valence electrons. The second-order valence-electron chi connectivity index (χ2n) is 4.14. The summed E-state index contributed by atoms with van der Waals surface area (Å²) < 4.78 is 0. The standard InChI is InChI=1S/C11H20N4/c1-9(2)5-3-4-6-13-11-7-10(12)14-8-15-11/h7-9H,3-6H2,1-2H3,(H3,12,13,14,15). The van der Waals surface area contributed by atoms with Gasteiger partial charge in [0.1, 0.15) is 18.0 Å². The monoisotopic (exact) mass is 208 g/mol. The Labute approximate surface area is 91.3 Å². The van der Waals surface area contributed by atoms with Crippen LogP contribution in [-0.4, -0.2) is 16.5 Å². The summed E-state index contributed by atoms with van der Waals surface area (Å²) in [6, 6.07) is 1.75. The summed E-state index contributed by atoms with van der Waals surface area (Å²) in [6.07, 6.45) is 5.19. The summed E-state index contributed by atoms with van der Waals surface area (Å²) in [7, 11) is 0. The third-order valence-corrected chi connectivity index (χ3v) is 2.20. The fraction of sp³-hybridized carbons (Fsp3) is 0.636. The molecule has 0 aromatic carbocycles. The molecule has 0 aliphatic heterocycles. The summed E-state index contributed by atoms with van der Waals surface area (Å²) in [5, 5.41) is 3.23. The minimum Gasteiger partial charge on any atom is -0.384 e. The molecule has 0 radical (unpaired) electrons. The van der Waals surface area contributed by atoms with Crippen molar-refractivity contribution in [3.05, 3.63) is 12.4 Å². The van der Waals surface area contributed by atoms with Gasteiger partial charge in [-0.15, -0.1) is 0 Å². The Morgan fingerprint density at radius 1 is 1.33 bits per heavy atom. The van der Waals surface area contributed by atoms with Gasteiger partial charge < -0.3 is 11.1 Å². The van der Waals surface area contributed by atoms with Crippen LogP contribution in [0.3, 0.4) is 0 Å². The molecule has 0 unspecified atom stereocenters. The number of rotatable bonds is 6. The molecule has 0 aliphatic carbocycles. The lowest BCUT2D eigenvalue weighted by Crippen LogP contribution is -2.04. The minimum absolute atomic E-state index is 0.509. The lowest BCUT2D eigenvalue weighted by molar-refractivity contribution is 0.544. The van der Waals surface area contributed by atoms with Crippen molar-refractivity contribution in [2.45, 2.75) is 33.1 Å². The molecular formula is C11H20N4. The Morgan fingerprint density at radius 3 is 2.80 bits per heavy atom. The van der Waals surface area contributed by atoms with E-state index in [1.807, 2.05) is 0 Å². The van der Waals surface area contributed by atoms with Gasteiger partial charge in [0, 0.05) is 12.6 Å². The number of aromatic nitrogens is 2. The second kappa shape index (κ2) is 6.22.